The topological polar surface area (TPSA) is 15.3 Å². The Balaban J connectivity index is 1.95. The summed E-state index contributed by atoms with van der Waals surface area (Å²) in [5.74, 6) is -2.39. The molecule has 1 aliphatic rings. The van der Waals surface area contributed by atoms with Crippen molar-refractivity contribution in [1.29, 1.82) is 0 Å². The van der Waals surface area contributed by atoms with Gasteiger partial charge in [-0.15, -0.1) is 0 Å². The number of rotatable bonds is 4. The van der Waals surface area contributed by atoms with Gasteiger partial charge < -0.3 is 10.2 Å². The van der Waals surface area contributed by atoms with Crippen molar-refractivity contribution in [2.45, 2.75) is 49.3 Å². The number of hydrogen-bond acceptors (Lipinski definition) is 2. The Morgan fingerprint density at radius 3 is 2.71 bits per heavy atom. The molecule has 0 spiro atoms. The van der Waals surface area contributed by atoms with E-state index in [1.54, 1.807) is 24.3 Å². The van der Waals surface area contributed by atoms with Crippen molar-refractivity contribution in [1.82, 2.24) is 4.90 Å². The Hall–Kier alpha value is -0.880. The molecule has 1 aliphatic heterocycles. The fraction of sp³-hybridized carbons (Fsp3) is 0.533. The van der Waals surface area contributed by atoms with Gasteiger partial charge in [0.25, 0.3) is 5.76 Å². The molecule has 21 heavy (non-hydrogen) atoms. The van der Waals surface area contributed by atoms with Crippen molar-refractivity contribution < 1.29 is 8.78 Å². The first-order valence-corrected chi connectivity index (χ1v) is 8.51. The Bertz CT molecular complexity index is 465. The molecule has 2 nitrogen and oxygen atoms in total. The van der Waals surface area contributed by atoms with Crippen LogP contribution in [0.1, 0.15) is 32.6 Å². The van der Waals surface area contributed by atoms with Gasteiger partial charge in [-0.05, 0) is 62.2 Å². The molecule has 0 aliphatic carbocycles. The second kappa shape index (κ2) is 7.94. The van der Waals surface area contributed by atoms with Gasteiger partial charge in [-0.1, -0.05) is 18.7 Å². The average molecular weight is 330 g/mol. The standard InChI is InChI=1S/C15H20F2N2S2/c1-2-12-5-3-4-10-19(12)15(20)18-11-6-8-13(9-7-11)21-14(16)17/h6-9,12,14H,2-5,10H2,1H3,(H,18,20)/t12-/m1/s1. The van der Waals surface area contributed by atoms with E-state index < -0.39 is 5.76 Å². The molecule has 2 rings (SSSR count). The minimum absolute atomic E-state index is 0.507. The second-order valence-electron chi connectivity index (χ2n) is 5.08. The number of piperidine rings is 1. The molecular weight excluding hydrogens is 310 g/mol. The number of likely N-dealkylation sites (tertiary alicyclic amines) is 1. The highest BCUT2D eigenvalue weighted by molar-refractivity contribution is 7.99. The van der Waals surface area contributed by atoms with E-state index in [1.807, 2.05) is 0 Å². The lowest BCUT2D eigenvalue weighted by Gasteiger charge is -2.37. The summed E-state index contributed by atoms with van der Waals surface area (Å²) in [6, 6.07) is 7.47. The molecule has 1 heterocycles. The first kappa shape index (κ1) is 16.5. The van der Waals surface area contributed by atoms with E-state index in [0.29, 0.717) is 22.7 Å². The second-order valence-corrected chi connectivity index (χ2v) is 6.53. The highest BCUT2D eigenvalue weighted by Gasteiger charge is 2.22. The maximum Gasteiger partial charge on any atom is 0.288 e. The van der Waals surface area contributed by atoms with Crippen LogP contribution >= 0.6 is 24.0 Å². The number of anilines is 1. The normalized spacial score (nSPS) is 18.9. The van der Waals surface area contributed by atoms with Crippen LogP contribution in [0.5, 0.6) is 0 Å². The zero-order valence-corrected chi connectivity index (χ0v) is 13.7. The van der Waals surface area contributed by atoms with Gasteiger partial charge in [-0.3, -0.25) is 0 Å². The van der Waals surface area contributed by atoms with Crippen molar-refractivity contribution in [3.05, 3.63) is 24.3 Å². The fourth-order valence-electron chi connectivity index (χ4n) is 2.61. The number of halogens is 2. The Labute approximate surface area is 134 Å². The van der Waals surface area contributed by atoms with E-state index in [0.717, 1.165) is 23.8 Å². The average Bonchev–Trinajstić information content (AvgIpc) is 2.48. The molecular formula is C15H20F2N2S2. The summed E-state index contributed by atoms with van der Waals surface area (Å²) in [5.41, 5.74) is 0.846. The Kier molecular flexibility index (Phi) is 6.23. The molecule has 0 amide bonds. The van der Waals surface area contributed by atoms with E-state index in [4.69, 9.17) is 12.2 Å². The molecule has 116 valence electrons. The third kappa shape index (κ3) is 4.81. The van der Waals surface area contributed by atoms with Crippen LogP contribution in [0.2, 0.25) is 0 Å². The van der Waals surface area contributed by atoms with Gasteiger partial charge in [0.2, 0.25) is 0 Å². The molecule has 0 unspecified atom stereocenters. The van der Waals surface area contributed by atoms with Crippen molar-refractivity contribution >= 4 is 34.8 Å². The number of hydrogen-bond donors (Lipinski definition) is 1. The summed E-state index contributed by atoms with van der Waals surface area (Å²) >= 11 is 6.05. The summed E-state index contributed by atoms with van der Waals surface area (Å²) in [7, 11) is 0. The predicted molar refractivity (Wildman–Crippen MR) is 89.2 cm³/mol. The minimum Gasteiger partial charge on any atom is -0.346 e. The summed E-state index contributed by atoms with van der Waals surface area (Å²) in [6.07, 6.45) is 4.70. The maximum atomic E-state index is 12.3. The molecule has 0 radical (unpaired) electrons. The predicted octanol–water partition coefficient (Wildman–Crippen LogP) is 4.96. The largest absolute Gasteiger partial charge is 0.346 e. The van der Waals surface area contributed by atoms with Gasteiger partial charge in [-0.2, -0.15) is 8.78 Å². The van der Waals surface area contributed by atoms with E-state index in [-0.39, 0.29) is 0 Å². The third-order valence-corrected chi connectivity index (χ3v) is 4.75. The molecule has 1 aromatic rings. The van der Waals surface area contributed by atoms with Gasteiger partial charge in [0.15, 0.2) is 5.11 Å². The third-order valence-electron chi connectivity index (χ3n) is 3.69. The van der Waals surface area contributed by atoms with Gasteiger partial charge in [0.1, 0.15) is 0 Å². The number of thioether (sulfide) groups is 1. The van der Waals surface area contributed by atoms with Crippen LogP contribution in [0.25, 0.3) is 0 Å². The van der Waals surface area contributed by atoms with E-state index in [1.165, 1.54) is 19.3 Å². The van der Waals surface area contributed by atoms with Gasteiger partial charge in [0, 0.05) is 23.2 Å². The van der Waals surface area contributed by atoms with Gasteiger partial charge >= 0.3 is 0 Å². The van der Waals surface area contributed by atoms with E-state index in [9.17, 15) is 8.78 Å². The van der Waals surface area contributed by atoms with Crippen LogP contribution in [0.3, 0.4) is 0 Å². The molecule has 6 heteroatoms. The maximum absolute atomic E-state index is 12.3. The smallest absolute Gasteiger partial charge is 0.288 e. The number of nitrogens with zero attached hydrogens (tertiary/aromatic N) is 1. The van der Waals surface area contributed by atoms with Crippen molar-refractivity contribution in [3.8, 4) is 0 Å². The zero-order chi connectivity index (χ0) is 15.2. The van der Waals surface area contributed by atoms with Crippen molar-refractivity contribution in [2.75, 3.05) is 11.9 Å². The lowest BCUT2D eigenvalue weighted by Crippen LogP contribution is -2.45. The minimum atomic E-state index is -2.39. The molecule has 1 fully saturated rings. The molecule has 1 atom stereocenters. The molecule has 0 aromatic heterocycles. The molecule has 0 bridgehead atoms. The molecule has 1 aromatic carbocycles. The summed E-state index contributed by atoms with van der Waals surface area (Å²) in [6.45, 7) is 3.17. The number of thiocarbonyl (C=S) groups is 1. The Morgan fingerprint density at radius 1 is 1.38 bits per heavy atom. The van der Waals surface area contributed by atoms with Crippen molar-refractivity contribution in [3.63, 3.8) is 0 Å². The quantitative estimate of drug-likeness (QED) is 0.619. The summed E-state index contributed by atoms with van der Waals surface area (Å²) < 4.78 is 24.6. The first-order valence-electron chi connectivity index (χ1n) is 7.22. The summed E-state index contributed by atoms with van der Waals surface area (Å²) in [5, 5.41) is 3.95. The fourth-order valence-corrected chi connectivity index (χ4v) is 3.46. The van der Waals surface area contributed by atoms with Crippen LogP contribution in [-0.2, 0) is 0 Å². The lowest BCUT2D eigenvalue weighted by molar-refractivity contribution is 0.239. The number of benzene rings is 1. The van der Waals surface area contributed by atoms with E-state index >= 15 is 0 Å². The van der Waals surface area contributed by atoms with Gasteiger partial charge in [0.05, 0.1) is 0 Å². The molecule has 1 N–H and O–H groups in total. The highest BCUT2D eigenvalue weighted by Crippen LogP contribution is 2.26. The summed E-state index contributed by atoms with van der Waals surface area (Å²) in [4.78, 5) is 2.81. The molecule has 0 saturated carbocycles. The van der Waals surface area contributed by atoms with Crippen LogP contribution < -0.4 is 5.32 Å². The Morgan fingerprint density at radius 2 is 2.10 bits per heavy atom. The van der Waals surface area contributed by atoms with E-state index in [2.05, 4.69) is 17.1 Å². The SMILES string of the molecule is CC[C@@H]1CCCCN1C(=S)Nc1ccc(SC(F)F)cc1. The van der Waals surface area contributed by atoms with Gasteiger partial charge in [-0.25, -0.2) is 0 Å². The molecule has 1 saturated heterocycles. The number of alkyl halides is 2. The van der Waals surface area contributed by atoms with Crippen LogP contribution in [-0.4, -0.2) is 28.4 Å². The lowest BCUT2D eigenvalue weighted by atomic mass is 10.0. The van der Waals surface area contributed by atoms with Crippen molar-refractivity contribution in [2.24, 2.45) is 0 Å². The number of nitrogens with one attached hydrogen (secondary N) is 1. The zero-order valence-electron chi connectivity index (χ0n) is 12.0. The highest BCUT2D eigenvalue weighted by atomic mass is 32.2. The van der Waals surface area contributed by atoms with Crippen LogP contribution in [0.4, 0.5) is 14.5 Å². The monoisotopic (exact) mass is 330 g/mol. The first-order chi connectivity index (χ1) is 10.1. The van der Waals surface area contributed by atoms with Crippen LogP contribution in [0.15, 0.2) is 29.2 Å². The van der Waals surface area contributed by atoms with Crippen LogP contribution in [0, 0.1) is 0 Å².